The van der Waals surface area contributed by atoms with Crippen LogP contribution in [0.15, 0.2) is 48.6 Å². The molecule has 0 fully saturated rings. The number of aliphatic hydroxyl groups is 1. The second-order valence-corrected chi connectivity index (χ2v) is 6.20. The number of nitrogens with one attached hydrogen (secondary N) is 2. The van der Waals surface area contributed by atoms with Gasteiger partial charge in [-0.1, -0.05) is 36.4 Å². The second-order valence-electron chi connectivity index (χ2n) is 6.20. The van der Waals surface area contributed by atoms with Gasteiger partial charge < -0.3 is 20.2 Å². The van der Waals surface area contributed by atoms with Crippen LogP contribution < -0.4 is 10.8 Å². The van der Waals surface area contributed by atoms with Crippen molar-refractivity contribution in [1.29, 1.82) is 0 Å². The number of aryl methyl sites for hydroxylation is 1. The maximum atomic E-state index is 13.0. The van der Waals surface area contributed by atoms with Crippen molar-refractivity contribution in [2.24, 2.45) is 0 Å². The lowest BCUT2D eigenvalue weighted by Gasteiger charge is -2.26. The van der Waals surface area contributed by atoms with Crippen molar-refractivity contribution in [3.8, 4) is 0 Å². The van der Waals surface area contributed by atoms with Crippen LogP contribution in [0.1, 0.15) is 24.5 Å². The number of rotatable bonds is 12. The number of amides is 1. The Morgan fingerprint density at radius 1 is 1.30 bits per heavy atom. The van der Waals surface area contributed by atoms with Gasteiger partial charge in [0.05, 0.1) is 6.61 Å². The molecule has 0 heterocycles. The van der Waals surface area contributed by atoms with E-state index in [0.717, 1.165) is 5.56 Å². The molecular weight excluding hydrogens is 344 g/mol. The monoisotopic (exact) mass is 376 g/mol. The van der Waals surface area contributed by atoms with E-state index in [-0.39, 0.29) is 12.5 Å². The Hall–Kier alpha value is -2.51. The lowest BCUT2D eigenvalue weighted by atomic mass is 10.1. The van der Waals surface area contributed by atoms with Crippen LogP contribution in [0.3, 0.4) is 0 Å². The summed E-state index contributed by atoms with van der Waals surface area (Å²) < 4.78 is 0. The normalized spacial score (nSPS) is 11.4. The minimum atomic E-state index is -0.202. The van der Waals surface area contributed by atoms with E-state index in [2.05, 4.69) is 17.4 Å². The number of carbonyl (C=O) groups excluding carboxylic acids is 1. The highest BCUT2D eigenvalue weighted by molar-refractivity contribution is 5.93. The number of hydroxylamine groups is 1. The van der Waals surface area contributed by atoms with Crippen molar-refractivity contribution in [1.82, 2.24) is 20.6 Å². The third-order valence-corrected chi connectivity index (χ3v) is 3.98. The van der Waals surface area contributed by atoms with E-state index in [9.17, 15) is 4.79 Å². The Bertz CT molecular complexity index is 629. The summed E-state index contributed by atoms with van der Waals surface area (Å²) in [6, 6.07) is 8.11. The summed E-state index contributed by atoms with van der Waals surface area (Å²) in [6.45, 7) is 9.05. The third-order valence-electron chi connectivity index (χ3n) is 3.98. The first-order valence-corrected chi connectivity index (χ1v) is 9.07. The standard InChI is InChI=1S/C20H32N4O3/c1-6-23(4)19(22-27-7-2)18(20(26)24(5)13-8-14-25)21-15-17-11-9-16(3)10-12-17/h6,9-12,21-22,25H,1,7-8,13-15H2,2-5H3/b19-18+. The van der Waals surface area contributed by atoms with Crippen LogP contribution in [-0.2, 0) is 16.2 Å². The zero-order chi connectivity index (χ0) is 20.2. The van der Waals surface area contributed by atoms with Gasteiger partial charge in [-0.25, -0.2) is 5.48 Å². The first-order chi connectivity index (χ1) is 12.9. The Kier molecular flexibility index (Phi) is 10.00. The average molecular weight is 377 g/mol. The smallest absolute Gasteiger partial charge is 0.273 e. The highest BCUT2D eigenvalue weighted by Gasteiger charge is 2.21. The molecule has 0 aliphatic rings. The number of likely N-dealkylation sites (N-methyl/N-ethyl adjacent to an activating group) is 1. The molecule has 1 aromatic rings. The fourth-order valence-corrected chi connectivity index (χ4v) is 2.29. The fraction of sp³-hybridized carbons (Fsp3) is 0.450. The molecule has 0 saturated heterocycles. The van der Waals surface area contributed by atoms with Crippen LogP contribution in [0.5, 0.6) is 0 Å². The number of carbonyl (C=O) groups is 1. The molecule has 150 valence electrons. The van der Waals surface area contributed by atoms with E-state index in [1.54, 1.807) is 30.1 Å². The summed E-state index contributed by atoms with van der Waals surface area (Å²) in [4.78, 5) is 21.6. The zero-order valence-electron chi connectivity index (χ0n) is 16.8. The summed E-state index contributed by atoms with van der Waals surface area (Å²) in [7, 11) is 3.49. The molecule has 27 heavy (non-hydrogen) atoms. The summed E-state index contributed by atoms with van der Waals surface area (Å²) >= 11 is 0. The predicted molar refractivity (Wildman–Crippen MR) is 107 cm³/mol. The molecule has 0 bridgehead atoms. The van der Waals surface area contributed by atoms with E-state index < -0.39 is 0 Å². The van der Waals surface area contributed by atoms with E-state index in [4.69, 9.17) is 9.94 Å². The minimum Gasteiger partial charge on any atom is -0.396 e. The SMILES string of the molecule is C=CN(C)/C(NOCC)=C(/NCc1ccc(C)cc1)C(=O)N(C)CCCO. The number of hydrogen-bond acceptors (Lipinski definition) is 6. The van der Waals surface area contributed by atoms with Crippen molar-refractivity contribution in [2.45, 2.75) is 26.8 Å². The molecule has 0 atom stereocenters. The molecule has 1 aromatic carbocycles. The molecule has 0 aliphatic heterocycles. The topological polar surface area (TPSA) is 77.1 Å². The van der Waals surface area contributed by atoms with Crippen molar-refractivity contribution in [3.05, 3.63) is 59.7 Å². The summed E-state index contributed by atoms with van der Waals surface area (Å²) in [5.41, 5.74) is 5.44. The average Bonchev–Trinajstić information content (AvgIpc) is 2.68. The Balaban J connectivity index is 3.14. The Morgan fingerprint density at radius 2 is 1.96 bits per heavy atom. The van der Waals surface area contributed by atoms with Gasteiger partial charge in [0.2, 0.25) is 0 Å². The first kappa shape index (κ1) is 22.5. The molecule has 0 unspecified atom stereocenters. The van der Waals surface area contributed by atoms with Gasteiger partial charge in [-0.3, -0.25) is 9.63 Å². The number of hydrogen-bond donors (Lipinski definition) is 3. The maximum absolute atomic E-state index is 13.0. The number of aliphatic hydroxyl groups excluding tert-OH is 1. The van der Waals surface area contributed by atoms with Crippen LogP contribution in [-0.4, -0.2) is 54.7 Å². The molecule has 1 rings (SSSR count). The van der Waals surface area contributed by atoms with E-state index in [1.165, 1.54) is 5.56 Å². The molecule has 0 radical (unpaired) electrons. The van der Waals surface area contributed by atoms with E-state index in [0.29, 0.717) is 37.6 Å². The van der Waals surface area contributed by atoms with Crippen molar-refractivity contribution in [3.63, 3.8) is 0 Å². The van der Waals surface area contributed by atoms with Crippen molar-refractivity contribution < 1.29 is 14.7 Å². The highest BCUT2D eigenvalue weighted by atomic mass is 16.6. The highest BCUT2D eigenvalue weighted by Crippen LogP contribution is 2.10. The molecule has 0 spiro atoms. The molecule has 3 N–H and O–H groups in total. The van der Waals surface area contributed by atoms with Gasteiger partial charge in [-0.05, 0) is 32.0 Å². The van der Waals surface area contributed by atoms with Gasteiger partial charge in [0.15, 0.2) is 5.82 Å². The quantitative estimate of drug-likeness (QED) is 0.381. The largest absolute Gasteiger partial charge is 0.396 e. The Morgan fingerprint density at radius 3 is 2.52 bits per heavy atom. The zero-order valence-corrected chi connectivity index (χ0v) is 16.8. The summed E-state index contributed by atoms with van der Waals surface area (Å²) in [5.74, 6) is 0.270. The molecule has 7 heteroatoms. The maximum Gasteiger partial charge on any atom is 0.273 e. The van der Waals surface area contributed by atoms with Crippen LogP contribution in [0.2, 0.25) is 0 Å². The van der Waals surface area contributed by atoms with Gasteiger partial charge in [0.1, 0.15) is 5.70 Å². The Labute approximate surface area is 162 Å². The fourth-order valence-electron chi connectivity index (χ4n) is 2.29. The van der Waals surface area contributed by atoms with Crippen LogP contribution in [0.25, 0.3) is 0 Å². The molecular formula is C20H32N4O3. The second kappa shape index (κ2) is 12.0. The number of benzene rings is 1. The first-order valence-electron chi connectivity index (χ1n) is 9.07. The molecule has 0 aliphatic carbocycles. The predicted octanol–water partition coefficient (Wildman–Crippen LogP) is 1.71. The van der Waals surface area contributed by atoms with Gasteiger partial charge in [-0.2, -0.15) is 0 Å². The summed E-state index contributed by atoms with van der Waals surface area (Å²) in [5, 5.41) is 12.3. The van der Waals surface area contributed by atoms with Crippen LogP contribution in [0.4, 0.5) is 0 Å². The lowest BCUT2D eigenvalue weighted by molar-refractivity contribution is -0.126. The van der Waals surface area contributed by atoms with Gasteiger partial charge in [0.25, 0.3) is 5.91 Å². The summed E-state index contributed by atoms with van der Waals surface area (Å²) in [6.07, 6.45) is 2.11. The van der Waals surface area contributed by atoms with Crippen molar-refractivity contribution in [2.75, 3.05) is 33.9 Å². The van der Waals surface area contributed by atoms with Crippen LogP contribution in [0, 0.1) is 6.92 Å². The molecule has 0 saturated carbocycles. The molecule has 0 aromatic heterocycles. The van der Waals surface area contributed by atoms with Crippen LogP contribution >= 0.6 is 0 Å². The van der Waals surface area contributed by atoms with E-state index >= 15 is 0 Å². The van der Waals surface area contributed by atoms with Gasteiger partial charge >= 0.3 is 0 Å². The van der Waals surface area contributed by atoms with Gasteiger partial charge in [0, 0.05) is 33.8 Å². The minimum absolute atomic E-state index is 0.0318. The number of nitrogens with zero attached hydrogens (tertiary/aromatic N) is 2. The van der Waals surface area contributed by atoms with Gasteiger partial charge in [-0.15, -0.1) is 0 Å². The molecule has 7 nitrogen and oxygen atoms in total. The van der Waals surface area contributed by atoms with Crippen molar-refractivity contribution >= 4 is 5.91 Å². The third kappa shape index (κ3) is 7.32. The molecule has 1 amide bonds. The van der Waals surface area contributed by atoms with E-state index in [1.807, 2.05) is 38.1 Å². The lowest BCUT2D eigenvalue weighted by Crippen LogP contribution is -2.40.